The molecule has 0 N–H and O–H groups in total. The summed E-state index contributed by atoms with van der Waals surface area (Å²) in [6.07, 6.45) is 2.20. The minimum atomic E-state index is -0.438. The van der Waals surface area contributed by atoms with Crippen LogP contribution in [-0.2, 0) is 22.5 Å². The minimum absolute atomic E-state index is 0.117. The first-order chi connectivity index (χ1) is 10.7. The molecule has 0 spiro atoms. The van der Waals surface area contributed by atoms with Gasteiger partial charge in [0.2, 0.25) is 0 Å². The molecule has 5 heteroatoms. The number of hydrogen-bond donors (Lipinski definition) is 0. The second kappa shape index (κ2) is 8.02. The van der Waals surface area contributed by atoms with Crippen LogP contribution in [0, 0.1) is 0 Å². The Labute approximate surface area is 129 Å². The van der Waals surface area contributed by atoms with Crippen molar-refractivity contribution in [3.63, 3.8) is 0 Å². The van der Waals surface area contributed by atoms with E-state index in [1.807, 2.05) is 30.3 Å². The zero-order chi connectivity index (χ0) is 15.8. The molecule has 0 aliphatic carbocycles. The third kappa shape index (κ3) is 4.48. The Bertz CT molecular complexity index is 664. The van der Waals surface area contributed by atoms with Crippen LogP contribution in [0.5, 0.6) is 5.75 Å². The van der Waals surface area contributed by atoms with Crippen molar-refractivity contribution in [2.75, 3.05) is 13.2 Å². The number of nitrogens with zero attached hydrogens (tertiary/aromatic N) is 1. The number of aromatic nitrogens is 1. The topological polar surface area (TPSA) is 57.5 Å². The van der Waals surface area contributed by atoms with Crippen molar-refractivity contribution < 1.29 is 14.3 Å². The lowest BCUT2D eigenvalue weighted by atomic mass is 10.2. The summed E-state index contributed by atoms with van der Waals surface area (Å²) >= 11 is 0. The Kier molecular flexibility index (Phi) is 5.77. The molecule has 5 nitrogen and oxygen atoms in total. The molecule has 0 aliphatic rings. The maximum absolute atomic E-state index is 12.0. The maximum atomic E-state index is 12.0. The predicted octanol–water partition coefficient (Wildman–Crippen LogP) is 2.03. The Hall–Kier alpha value is -2.56. The number of pyridine rings is 1. The predicted molar refractivity (Wildman–Crippen MR) is 83.0 cm³/mol. The van der Waals surface area contributed by atoms with Crippen LogP contribution >= 0.6 is 0 Å². The van der Waals surface area contributed by atoms with Crippen molar-refractivity contribution in [3.05, 3.63) is 64.6 Å². The number of rotatable bonds is 7. The highest BCUT2D eigenvalue weighted by atomic mass is 16.5. The van der Waals surface area contributed by atoms with Gasteiger partial charge in [0, 0.05) is 12.6 Å². The fourth-order valence-corrected chi connectivity index (χ4v) is 2.02. The Morgan fingerprint density at radius 3 is 2.64 bits per heavy atom. The molecule has 0 radical (unpaired) electrons. The van der Waals surface area contributed by atoms with Gasteiger partial charge in [-0.3, -0.25) is 9.59 Å². The van der Waals surface area contributed by atoms with Crippen molar-refractivity contribution >= 4 is 5.97 Å². The van der Waals surface area contributed by atoms with Crippen LogP contribution in [0.25, 0.3) is 0 Å². The standard InChI is InChI=1S/C17H19NO4/c1-2-21-15-9-6-11-18(17(15)20)13-16(19)22-12-10-14-7-4-3-5-8-14/h3-9,11H,2,10,12-13H2,1H3. The van der Waals surface area contributed by atoms with E-state index in [0.29, 0.717) is 19.6 Å². The Balaban J connectivity index is 1.87. The number of benzene rings is 1. The van der Waals surface area contributed by atoms with Gasteiger partial charge < -0.3 is 14.0 Å². The van der Waals surface area contributed by atoms with Crippen LogP contribution in [0.3, 0.4) is 0 Å². The second-order valence-electron chi connectivity index (χ2n) is 4.69. The van der Waals surface area contributed by atoms with Crippen LogP contribution < -0.4 is 10.3 Å². The monoisotopic (exact) mass is 301 g/mol. The van der Waals surface area contributed by atoms with Gasteiger partial charge in [-0.1, -0.05) is 30.3 Å². The minimum Gasteiger partial charge on any atom is -0.488 e. The van der Waals surface area contributed by atoms with Gasteiger partial charge in [0.1, 0.15) is 6.54 Å². The molecule has 22 heavy (non-hydrogen) atoms. The first-order valence-corrected chi connectivity index (χ1v) is 7.22. The number of carbonyl (C=O) groups excluding carboxylic acids is 1. The maximum Gasteiger partial charge on any atom is 0.326 e. The van der Waals surface area contributed by atoms with E-state index in [2.05, 4.69) is 0 Å². The number of hydrogen-bond acceptors (Lipinski definition) is 4. The average Bonchev–Trinajstić information content (AvgIpc) is 2.52. The van der Waals surface area contributed by atoms with Crippen LogP contribution in [0.4, 0.5) is 0 Å². The highest BCUT2D eigenvalue weighted by Gasteiger charge is 2.09. The molecule has 2 aromatic rings. The van der Waals surface area contributed by atoms with Crippen LogP contribution in [0.1, 0.15) is 12.5 Å². The zero-order valence-corrected chi connectivity index (χ0v) is 12.5. The molecule has 1 aromatic heterocycles. The summed E-state index contributed by atoms with van der Waals surface area (Å²) < 4.78 is 11.7. The van der Waals surface area contributed by atoms with E-state index < -0.39 is 5.97 Å². The van der Waals surface area contributed by atoms with E-state index in [0.717, 1.165) is 5.56 Å². The van der Waals surface area contributed by atoms with Gasteiger partial charge >= 0.3 is 5.97 Å². The quantitative estimate of drug-likeness (QED) is 0.734. The number of ether oxygens (including phenoxy) is 2. The van der Waals surface area contributed by atoms with Gasteiger partial charge in [-0.15, -0.1) is 0 Å². The van der Waals surface area contributed by atoms with Gasteiger partial charge in [0.25, 0.3) is 5.56 Å². The molecule has 0 saturated carbocycles. The summed E-state index contributed by atoms with van der Waals surface area (Å²) in [7, 11) is 0. The van der Waals surface area contributed by atoms with Gasteiger partial charge in [0.05, 0.1) is 13.2 Å². The molecular weight excluding hydrogens is 282 g/mol. The average molecular weight is 301 g/mol. The molecule has 0 bridgehead atoms. The molecule has 116 valence electrons. The lowest BCUT2D eigenvalue weighted by Crippen LogP contribution is -2.26. The van der Waals surface area contributed by atoms with Gasteiger partial charge in [-0.2, -0.15) is 0 Å². The van der Waals surface area contributed by atoms with E-state index in [1.165, 1.54) is 4.57 Å². The summed E-state index contributed by atoms with van der Waals surface area (Å²) in [5.74, 6) is -0.200. The van der Waals surface area contributed by atoms with Crippen molar-refractivity contribution in [1.82, 2.24) is 4.57 Å². The van der Waals surface area contributed by atoms with E-state index >= 15 is 0 Å². The van der Waals surface area contributed by atoms with E-state index in [1.54, 1.807) is 25.3 Å². The van der Waals surface area contributed by atoms with Gasteiger partial charge in [-0.05, 0) is 24.6 Å². The Morgan fingerprint density at radius 1 is 1.14 bits per heavy atom. The molecule has 0 atom stereocenters. The molecular formula is C17H19NO4. The number of carbonyl (C=O) groups is 1. The van der Waals surface area contributed by atoms with Crippen molar-refractivity contribution in [2.24, 2.45) is 0 Å². The van der Waals surface area contributed by atoms with Crippen molar-refractivity contribution in [2.45, 2.75) is 19.9 Å². The molecule has 0 fully saturated rings. The highest BCUT2D eigenvalue weighted by Crippen LogP contribution is 2.03. The number of esters is 1. The lowest BCUT2D eigenvalue weighted by molar-refractivity contribution is -0.144. The van der Waals surface area contributed by atoms with Crippen LogP contribution in [0.15, 0.2) is 53.5 Å². The fourth-order valence-electron chi connectivity index (χ4n) is 2.02. The third-order valence-corrected chi connectivity index (χ3v) is 3.08. The van der Waals surface area contributed by atoms with Crippen LogP contribution in [-0.4, -0.2) is 23.8 Å². The smallest absolute Gasteiger partial charge is 0.326 e. The SMILES string of the molecule is CCOc1cccn(CC(=O)OCCc2ccccc2)c1=O. The second-order valence-corrected chi connectivity index (χ2v) is 4.69. The summed E-state index contributed by atoms with van der Waals surface area (Å²) in [5.41, 5.74) is 0.773. The normalized spacial score (nSPS) is 10.2. The van der Waals surface area contributed by atoms with Gasteiger partial charge in [0.15, 0.2) is 5.75 Å². The third-order valence-electron chi connectivity index (χ3n) is 3.08. The van der Waals surface area contributed by atoms with Gasteiger partial charge in [-0.25, -0.2) is 0 Å². The first kappa shape index (κ1) is 15.8. The van der Waals surface area contributed by atoms with E-state index in [-0.39, 0.29) is 17.9 Å². The summed E-state index contributed by atoms with van der Waals surface area (Å²) in [6.45, 7) is 2.38. The first-order valence-electron chi connectivity index (χ1n) is 7.22. The lowest BCUT2D eigenvalue weighted by Gasteiger charge is -2.09. The van der Waals surface area contributed by atoms with Crippen LogP contribution in [0.2, 0.25) is 0 Å². The van der Waals surface area contributed by atoms with Crippen molar-refractivity contribution in [3.8, 4) is 5.75 Å². The van der Waals surface area contributed by atoms with Crippen molar-refractivity contribution in [1.29, 1.82) is 0 Å². The molecule has 2 rings (SSSR count). The molecule has 0 amide bonds. The molecule has 1 heterocycles. The molecule has 0 unspecified atom stereocenters. The zero-order valence-electron chi connectivity index (χ0n) is 12.5. The fraction of sp³-hybridized carbons (Fsp3) is 0.294. The van der Waals surface area contributed by atoms with E-state index in [4.69, 9.17) is 9.47 Å². The van der Waals surface area contributed by atoms with E-state index in [9.17, 15) is 9.59 Å². The molecule has 1 aromatic carbocycles. The summed E-state index contributed by atoms with van der Waals surface area (Å²) in [6, 6.07) is 13.0. The summed E-state index contributed by atoms with van der Waals surface area (Å²) in [4.78, 5) is 23.8. The largest absolute Gasteiger partial charge is 0.488 e. The molecule has 0 saturated heterocycles. The highest BCUT2D eigenvalue weighted by molar-refractivity contribution is 5.69. The Morgan fingerprint density at radius 2 is 1.91 bits per heavy atom. The molecule has 0 aliphatic heterocycles. The summed E-state index contributed by atoms with van der Waals surface area (Å²) in [5, 5.41) is 0.